The zero-order valence-electron chi connectivity index (χ0n) is 17.7. The summed E-state index contributed by atoms with van der Waals surface area (Å²) < 4.78 is 5.76. The van der Waals surface area contributed by atoms with Gasteiger partial charge in [0.25, 0.3) is 0 Å². The lowest BCUT2D eigenvalue weighted by atomic mass is 9.94. The Morgan fingerprint density at radius 1 is 1.13 bits per heavy atom. The van der Waals surface area contributed by atoms with Crippen LogP contribution in [-0.4, -0.2) is 65.3 Å². The van der Waals surface area contributed by atoms with E-state index in [-0.39, 0.29) is 25.1 Å². The van der Waals surface area contributed by atoms with Crippen LogP contribution in [0.1, 0.15) is 37.3 Å². The second-order valence-electron chi connectivity index (χ2n) is 8.35. The van der Waals surface area contributed by atoms with Gasteiger partial charge < -0.3 is 14.7 Å². The molecule has 6 heteroatoms. The third-order valence-electron chi connectivity index (χ3n) is 6.68. The monoisotopic (exact) mass is 408 g/mol. The lowest BCUT2D eigenvalue weighted by Crippen LogP contribution is -2.58. The van der Waals surface area contributed by atoms with Crippen LogP contribution in [0.2, 0.25) is 0 Å². The molecule has 1 saturated heterocycles. The summed E-state index contributed by atoms with van der Waals surface area (Å²) in [6.07, 6.45) is -0.180. The zero-order chi connectivity index (χ0) is 21.5. The third kappa shape index (κ3) is 3.16. The van der Waals surface area contributed by atoms with Gasteiger partial charge in [0.15, 0.2) is 5.54 Å². The van der Waals surface area contributed by atoms with Crippen molar-refractivity contribution < 1.29 is 19.4 Å². The average Bonchev–Trinajstić information content (AvgIpc) is 3.22. The molecule has 0 spiro atoms. The van der Waals surface area contributed by atoms with E-state index in [2.05, 4.69) is 24.3 Å². The van der Waals surface area contributed by atoms with Crippen LogP contribution in [0.5, 0.6) is 0 Å². The van der Waals surface area contributed by atoms with Gasteiger partial charge in [-0.05, 0) is 49.6 Å². The maximum Gasteiger partial charge on any atom is 0.410 e. The van der Waals surface area contributed by atoms with Crippen molar-refractivity contribution >= 4 is 12.1 Å². The minimum Gasteiger partial charge on any atom is -0.479 e. The van der Waals surface area contributed by atoms with Crippen molar-refractivity contribution in [3.05, 3.63) is 59.7 Å². The number of hydrogen-bond donors (Lipinski definition) is 1. The molecule has 2 aromatic rings. The largest absolute Gasteiger partial charge is 0.479 e. The number of likely N-dealkylation sites (tertiary alicyclic amines) is 1. The van der Waals surface area contributed by atoms with Crippen molar-refractivity contribution in [2.24, 2.45) is 0 Å². The lowest BCUT2D eigenvalue weighted by molar-refractivity contribution is -0.149. The number of carboxylic acid groups (broad SMARTS) is 1. The number of carboxylic acids is 1. The summed E-state index contributed by atoms with van der Waals surface area (Å²) in [6, 6.07) is 16.4. The number of carbonyl (C=O) groups excluding carboxylic acids is 1. The van der Waals surface area contributed by atoms with E-state index in [4.69, 9.17) is 4.74 Å². The number of hydrogen-bond acceptors (Lipinski definition) is 4. The van der Waals surface area contributed by atoms with Crippen LogP contribution in [0.25, 0.3) is 11.1 Å². The quantitative estimate of drug-likeness (QED) is 0.815. The fraction of sp³-hybridized carbons (Fsp3) is 0.417. The topological polar surface area (TPSA) is 70.1 Å². The number of aliphatic carboxylic acids is 1. The first-order valence-corrected chi connectivity index (χ1v) is 10.4. The number of likely N-dealkylation sites (N-methyl/N-ethyl adjacent to an activating group) is 2. The second-order valence-corrected chi connectivity index (χ2v) is 8.35. The number of fused-ring (bicyclic) bond motifs is 3. The number of amides is 1. The van der Waals surface area contributed by atoms with Gasteiger partial charge in [-0.25, -0.2) is 9.59 Å². The van der Waals surface area contributed by atoms with Gasteiger partial charge >= 0.3 is 12.1 Å². The van der Waals surface area contributed by atoms with Crippen LogP contribution in [0.15, 0.2) is 48.5 Å². The molecule has 1 aliphatic heterocycles. The van der Waals surface area contributed by atoms with Gasteiger partial charge in [0.2, 0.25) is 0 Å². The van der Waals surface area contributed by atoms with Crippen molar-refractivity contribution in [2.75, 3.05) is 26.7 Å². The molecule has 1 fully saturated rings. The Kier molecular flexibility index (Phi) is 5.28. The molecule has 4 rings (SSSR count). The van der Waals surface area contributed by atoms with Gasteiger partial charge in [0, 0.05) is 25.0 Å². The van der Waals surface area contributed by atoms with Gasteiger partial charge in [0.05, 0.1) is 0 Å². The van der Waals surface area contributed by atoms with Gasteiger partial charge in [-0.2, -0.15) is 0 Å². The predicted octanol–water partition coefficient (Wildman–Crippen LogP) is 3.80. The third-order valence-corrected chi connectivity index (χ3v) is 6.68. The molecule has 0 radical (unpaired) electrons. The van der Waals surface area contributed by atoms with Crippen molar-refractivity contribution in [1.29, 1.82) is 0 Å². The van der Waals surface area contributed by atoms with Crippen LogP contribution in [0.3, 0.4) is 0 Å². The highest BCUT2D eigenvalue weighted by Crippen LogP contribution is 2.44. The molecular weight excluding hydrogens is 380 g/mol. The normalized spacial score (nSPS) is 23.1. The van der Waals surface area contributed by atoms with E-state index in [0.29, 0.717) is 13.0 Å². The van der Waals surface area contributed by atoms with Crippen LogP contribution in [0, 0.1) is 0 Å². The summed E-state index contributed by atoms with van der Waals surface area (Å²) in [5.41, 5.74) is 3.34. The minimum absolute atomic E-state index is 0.0500. The van der Waals surface area contributed by atoms with Crippen molar-refractivity contribution in [3.63, 3.8) is 0 Å². The summed E-state index contributed by atoms with van der Waals surface area (Å²) >= 11 is 0. The Bertz CT molecular complexity index is 918. The van der Waals surface area contributed by atoms with Crippen molar-refractivity contribution in [2.45, 2.75) is 37.8 Å². The summed E-state index contributed by atoms with van der Waals surface area (Å²) in [5, 5.41) is 10.0. The van der Waals surface area contributed by atoms with E-state index in [1.54, 1.807) is 6.92 Å². The Morgan fingerprint density at radius 2 is 1.70 bits per heavy atom. The minimum atomic E-state index is -1.26. The molecule has 6 nitrogen and oxygen atoms in total. The number of benzene rings is 2. The van der Waals surface area contributed by atoms with Crippen LogP contribution < -0.4 is 0 Å². The van der Waals surface area contributed by atoms with Crippen LogP contribution in [0.4, 0.5) is 4.79 Å². The number of nitrogens with zero attached hydrogens (tertiary/aromatic N) is 2. The molecule has 1 amide bonds. The number of ether oxygens (including phenoxy) is 1. The standard InChI is InChI=1S/C24H28N2O4/c1-4-26(24(22(27)28)13-16(2)25(3)15-24)23(29)30-14-21-19-11-7-5-9-17(19)18-10-6-8-12-20(18)21/h5-12,16,21H,4,13-15H2,1-3H3,(H,27,28). The van der Waals surface area contributed by atoms with E-state index in [0.717, 1.165) is 22.3 Å². The Hall–Kier alpha value is -2.86. The molecule has 158 valence electrons. The Morgan fingerprint density at radius 3 is 2.17 bits per heavy atom. The summed E-state index contributed by atoms with van der Waals surface area (Å²) in [4.78, 5) is 28.7. The highest BCUT2D eigenvalue weighted by atomic mass is 16.6. The molecule has 0 saturated carbocycles. The van der Waals surface area contributed by atoms with Crippen LogP contribution >= 0.6 is 0 Å². The lowest BCUT2D eigenvalue weighted by Gasteiger charge is -2.36. The van der Waals surface area contributed by atoms with Gasteiger partial charge in [0.1, 0.15) is 6.61 Å². The first-order chi connectivity index (χ1) is 14.4. The highest BCUT2D eigenvalue weighted by Gasteiger charge is 2.53. The molecule has 0 bridgehead atoms. The zero-order valence-corrected chi connectivity index (χ0v) is 17.7. The van der Waals surface area contributed by atoms with Gasteiger partial charge in [-0.15, -0.1) is 0 Å². The molecule has 2 aromatic carbocycles. The van der Waals surface area contributed by atoms with E-state index < -0.39 is 17.6 Å². The Labute approximate surface area is 177 Å². The molecule has 0 aromatic heterocycles. The van der Waals surface area contributed by atoms with Crippen LogP contribution in [-0.2, 0) is 9.53 Å². The molecule has 2 unspecified atom stereocenters. The van der Waals surface area contributed by atoms with Gasteiger partial charge in [-0.1, -0.05) is 48.5 Å². The molecule has 1 heterocycles. The fourth-order valence-corrected chi connectivity index (χ4v) is 5.02. The average molecular weight is 408 g/mol. The molecule has 2 aliphatic rings. The predicted molar refractivity (Wildman–Crippen MR) is 115 cm³/mol. The highest BCUT2D eigenvalue weighted by molar-refractivity contribution is 5.85. The first kappa shape index (κ1) is 20.4. The number of rotatable bonds is 5. The van der Waals surface area contributed by atoms with Crippen molar-refractivity contribution in [1.82, 2.24) is 9.80 Å². The Balaban J connectivity index is 1.56. The van der Waals surface area contributed by atoms with E-state index in [9.17, 15) is 14.7 Å². The fourth-order valence-electron chi connectivity index (χ4n) is 5.02. The summed E-state index contributed by atoms with van der Waals surface area (Å²) in [7, 11) is 1.89. The van der Waals surface area contributed by atoms with E-state index >= 15 is 0 Å². The molecule has 1 aliphatic carbocycles. The molecule has 1 N–H and O–H groups in total. The molecule has 30 heavy (non-hydrogen) atoms. The smallest absolute Gasteiger partial charge is 0.410 e. The van der Waals surface area contributed by atoms with Gasteiger partial charge in [-0.3, -0.25) is 4.90 Å². The second kappa shape index (κ2) is 7.76. The number of carbonyl (C=O) groups is 2. The summed E-state index contributed by atoms with van der Waals surface area (Å²) in [6.45, 7) is 4.54. The maximum atomic E-state index is 13.1. The maximum absolute atomic E-state index is 13.1. The summed E-state index contributed by atoms with van der Waals surface area (Å²) in [5.74, 6) is -1.03. The van der Waals surface area contributed by atoms with E-state index in [1.807, 2.05) is 43.1 Å². The van der Waals surface area contributed by atoms with Crippen molar-refractivity contribution in [3.8, 4) is 11.1 Å². The SMILES string of the molecule is CCN(C(=O)OCC1c2ccccc2-c2ccccc21)C1(C(=O)O)CC(C)N(C)C1. The molecule has 2 atom stereocenters. The molecular formula is C24H28N2O4. The van der Waals surface area contributed by atoms with E-state index in [1.165, 1.54) is 4.90 Å². The first-order valence-electron chi connectivity index (χ1n) is 10.4.